The number of nitrogens with one attached hydrogen (secondary N) is 3. The quantitative estimate of drug-likeness (QED) is 0.416. The molecule has 0 saturated heterocycles. The van der Waals surface area contributed by atoms with Gasteiger partial charge in [-0.1, -0.05) is 0 Å². The predicted molar refractivity (Wildman–Crippen MR) is 132 cm³/mol. The molecule has 36 heavy (non-hydrogen) atoms. The second-order valence-electron chi connectivity index (χ2n) is 7.83. The SMILES string of the molecule is CCOC(=O)NC(=O)c1c(NC(=O)c2ccc(NS(=O)(=O)c3ccc(F)cc3)cc2)sc2c1CCC2. The Bertz CT molecular complexity index is 1420. The molecule has 0 spiro atoms. The van der Waals surface area contributed by atoms with Gasteiger partial charge in [-0.05, 0) is 80.3 Å². The lowest BCUT2D eigenvalue weighted by Gasteiger charge is -2.10. The minimum atomic E-state index is -3.94. The van der Waals surface area contributed by atoms with Gasteiger partial charge in [0.2, 0.25) is 0 Å². The molecule has 9 nitrogen and oxygen atoms in total. The van der Waals surface area contributed by atoms with Gasteiger partial charge in [0.05, 0.1) is 17.1 Å². The monoisotopic (exact) mass is 531 g/mol. The minimum Gasteiger partial charge on any atom is -0.450 e. The molecule has 1 heterocycles. The van der Waals surface area contributed by atoms with E-state index in [0.717, 1.165) is 47.5 Å². The Balaban J connectivity index is 1.49. The number of thiophene rings is 1. The minimum absolute atomic E-state index is 0.106. The summed E-state index contributed by atoms with van der Waals surface area (Å²) in [6.07, 6.45) is 1.45. The summed E-state index contributed by atoms with van der Waals surface area (Å²) < 4.78 is 45.2. The van der Waals surface area contributed by atoms with Crippen molar-refractivity contribution in [2.24, 2.45) is 0 Å². The Morgan fingerprint density at radius 2 is 1.69 bits per heavy atom. The number of benzene rings is 2. The lowest BCUT2D eigenvalue weighted by molar-refractivity contribution is 0.0925. The summed E-state index contributed by atoms with van der Waals surface area (Å²) in [6.45, 7) is 1.73. The number of fused-ring (bicyclic) bond motifs is 1. The van der Waals surface area contributed by atoms with E-state index in [4.69, 9.17) is 4.74 Å². The van der Waals surface area contributed by atoms with Gasteiger partial charge < -0.3 is 10.1 Å². The van der Waals surface area contributed by atoms with Crippen LogP contribution in [0.15, 0.2) is 53.4 Å². The van der Waals surface area contributed by atoms with Crippen molar-refractivity contribution in [1.29, 1.82) is 0 Å². The first-order chi connectivity index (χ1) is 17.2. The maximum Gasteiger partial charge on any atom is 0.414 e. The smallest absolute Gasteiger partial charge is 0.414 e. The van der Waals surface area contributed by atoms with Crippen molar-refractivity contribution in [3.63, 3.8) is 0 Å². The van der Waals surface area contributed by atoms with Crippen LogP contribution in [0.2, 0.25) is 0 Å². The summed E-state index contributed by atoms with van der Waals surface area (Å²) in [7, 11) is -3.94. The predicted octanol–water partition coefficient (Wildman–Crippen LogP) is 4.32. The summed E-state index contributed by atoms with van der Waals surface area (Å²) in [5.41, 5.74) is 1.49. The number of imide groups is 1. The maximum absolute atomic E-state index is 13.1. The van der Waals surface area contributed by atoms with Gasteiger partial charge in [-0.25, -0.2) is 17.6 Å². The van der Waals surface area contributed by atoms with Crippen LogP contribution in [0, 0.1) is 5.82 Å². The second-order valence-corrected chi connectivity index (χ2v) is 10.6. The lowest BCUT2D eigenvalue weighted by Crippen LogP contribution is -2.32. The Morgan fingerprint density at radius 3 is 2.36 bits per heavy atom. The number of ether oxygens (including phenoxy) is 1. The molecular formula is C24H22FN3O6S2. The molecule has 188 valence electrons. The zero-order valence-corrected chi connectivity index (χ0v) is 20.7. The van der Waals surface area contributed by atoms with E-state index in [1.54, 1.807) is 6.92 Å². The summed E-state index contributed by atoms with van der Waals surface area (Å²) in [6, 6.07) is 10.1. The van der Waals surface area contributed by atoms with Crippen LogP contribution in [0.1, 0.15) is 44.5 Å². The van der Waals surface area contributed by atoms with E-state index in [9.17, 15) is 27.2 Å². The van der Waals surface area contributed by atoms with Crippen molar-refractivity contribution in [1.82, 2.24) is 5.32 Å². The van der Waals surface area contributed by atoms with Crippen molar-refractivity contribution < 1.29 is 31.9 Å². The molecule has 3 amide bonds. The van der Waals surface area contributed by atoms with Crippen LogP contribution in [-0.4, -0.2) is 32.9 Å². The number of aryl methyl sites for hydroxylation is 1. The fraction of sp³-hybridized carbons (Fsp3) is 0.208. The Hall–Kier alpha value is -3.77. The van der Waals surface area contributed by atoms with Crippen LogP contribution in [0.4, 0.5) is 19.9 Å². The molecular weight excluding hydrogens is 509 g/mol. The second kappa shape index (κ2) is 10.5. The lowest BCUT2D eigenvalue weighted by atomic mass is 10.1. The number of hydrogen-bond donors (Lipinski definition) is 3. The molecule has 0 bridgehead atoms. The van der Waals surface area contributed by atoms with Crippen LogP contribution in [0.25, 0.3) is 0 Å². The number of hydrogen-bond acceptors (Lipinski definition) is 7. The number of anilines is 2. The average molecular weight is 532 g/mol. The molecule has 0 radical (unpaired) electrons. The van der Waals surface area contributed by atoms with E-state index in [-0.39, 0.29) is 28.3 Å². The third kappa shape index (κ3) is 5.55. The fourth-order valence-corrected chi connectivity index (χ4v) is 6.09. The summed E-state index contributed by atoms with van der Waals surface area (Å²) in [5.74, 6) is -1.71. The number of halogens is 1. The van der Waals surface area contributed by atoms with Gasteiger partial charge in [-0.3, -0.25) is 19.6 Å². The summed E-state index contributed by atoms with van der Waals surface area (Å²) in [5, 5.41) is 5.24. The van der Waals surface area contributed by atoms with Gasteiger partial charge in [0.1, 0.15) is 10.8 Å². The standard InChI is InChI=1S/C24H22FN3O6S2/c1-2-34-24(31)27-22(30)20-18-4-3-5-19(18)35-23(20)26-21(29)14-6-10-16(11-7-14)28-36(32,33)17-12-8-15(25)9-13-17/h6-13,28H,2-5H2,1H3,(H,26,29)(H,27,30,31). The molecule has 0 aliphatic heterocycles. The molecule has 12 heteroatoms. The molecule has 1 aliphatic rings. The zero-order chi connectivity index (χ0) is 25.9. The van der Waals surface area contributed by atoms with E-state index < -0.39 is 33.7 Å². The topological polar surface area (TPSA) is 131 Å². The zero-order valence-electron chi connectivity index (χ0n) is 19.1. The molecule has 1 aromatic heterocycles. The van der Waals surface area contributed by atoms with E-state index >= 15 is 0 Å². The molecule has 0 saturated carbocycles. The molecule has 0 unspecified atom stereocenters. The van der Waals surface area contributed by atoms with Crippen LogP contribution in [0.5, 0.6) is 0 Å². The summed E-state index contributed by atoms with van der Waals surface area (Å²) in [4.78, 5) is 38.3. The average Bonchev–Trinajstić information content (AvgIpc) is 3.40. The molecule has 0 fully saturated rings. The first-order valence-corrected chi connectivity index (χ1v) is 13.3. The molecule has 2 aromatic carbocycles. The number of amides is 3. The summed E-state index contributed by atoms with van der Waals surface area (Å²) >= 11 is 1.29. The van der Waals surface area contributed by atoms with Gasteiger partial charge in [0.25, 0.3) is 21.8 Å². The van der Waals surface area contributed by atoms with Crippen LogP contribution in [-0.2, 0) is 27.6 Å². The number of alkyl carbamates (subject to hydrolysis) is 1. The van der Waals surface area contributed by atoms with Crippen molar-refractivity contribution in [2.75, 3.05) is 16.6 Å². The fourth-order valence-electron chi connectivity index (χ4n) is 3.75. The highest BCUT2D eigenvalue weighted by Gasteiger charge is 2.28. The Morgan fingerprint density at radius 1 is 1.00 bits per heavy atom. The highest BCUT2D eigenvalue weighted by atomic mass is 32.2. The highest BCUT2D eigenvalue weighted by molar-refractivity contribution is 7.92. The van der Waals surface area contributed by atoms with Crippen molar-refractivity contribution in [2.45, 2.75) is 31.1 Å². The first-order valence-electron chi connectivity index (χ1n) is 11.0. The van der Waals surface area contributed by atoms with Gasteiger partial charge in [-0.2, -0.15) is 0 Å². The third-order valence-electron chi connectivity index (χ3n) is 5.39. The van der Waals surface area contributed by atoms with Crippen LogP contribution >= 0.6 is 11.3 Å². The maximum atomic E-state index is 13.1. The van der Waals surface area contributed by atoms with Gasteiger partial charge >= 0.3 is 6.09 Å². The molecule has 1 aliphatic carbocycles. The number of carbonyl (C=O) groups is 3. The van der Waals surface area contributed by atoms with Gasteiger partial charge in [0.15, 0.2) is 0 Å². The Labute approximate surface area is 210 Å². The highest BCUT2D eigenvalue weighted by Crippen LogP contribution is 2.39. The number of rotatable bonds is 7. The number of carbonyl (C=O) groups excluding carboxylic acids is 3. The van der Waals surface area contributed by atoms with Gasteiger partial charge in [0, 0.05) is 16.1 Å². The van der Waals surface area contributed by atoms with E-state index in [2.05, 4.69) is 15.4 Å². The van der Waals surface area contributed by atoms with Crippen LogP contribution < -0.4 is 15.4 Å². The van der Waals surface area contributed by atoms with E-state index in [1.807, 2.05) is 0 Å². The molecule has 3 N–H and O–H groups in total. The molecule has 4 rings (SSSR count). The largest absolute Gasteiger partial charge is 0.450 e. The van der Waals surface area contributed by atoms with Crippen molar-refractivity contribution in [3.05, 3.63) is 75.9 Å². The first kappa shape index (κ1) is 25.3. The molecule has 3 aromatic rings. The number of sulfonamides is 1. The van der Waals surface area contributed by atoms with Gasteiger partial charge in [-0.15, -0.1) is 11.3 Å². The van der Waals surface area contributed by atoms with E-state index in [1.165, 1.54) is 35.6 Å². The Kier molecular flexibility index (Phi) is 7.36. The normalized spacial score (nSPS) is 12.5. The van der Waals surface area contributed by atoms with Crippen molar-refractivity contribution >= 4 is 50.0 Å². The molecule has 0 atom stereocenters. The van der Waals surface area contributed by atoms with Crippen LogP contribution in [0.3, 0.4) is 0 Å². The third-order valence-corrected chi connectivity index (χ3v) is 7.99. The van der Waals surface area contributed by atoms with E-state index in [0.29, 0.717) is 11.4 Å². The van der Waals surface area contributed by atoms with Crippen molar-refractivity contribution in [3.8, 4) is 0 Å².